The van der Waals surface area contributed by atoms with Crippen molar-refractivity contribution in [2.75, 3.05) is 18.4 Å². The fourth-order valence-electron chi connectivity index (χ4n) is 3.11. The van der Waals surface area contributed by atoms with Crippen LogP contribution >= 0.6 is 11.3 Å². The van der Waals surface area contributed by atoms with E-state index in [0.717, 1.165) is 31.2 Å². The maximum atomic E-state index is 11.0. The molecule has 1 amide bonds. The van der Waals surface area contributed by atoms with Crippen molar-refractivity contribution in [2.45, 2.75) is 32.7 Å². The van der Waals surface area contributed by atoms with Gasteiger partial charge in [0.15, 0.2) is 5.13 Å². The quantitative estimate of drug-likeness (QED) is 0.912. The normalized spacial score (nSPS) is 16.4. The maximum Gasteiger partial charge on any atom is 0.223 e. The minimum Gasteiger partial charge on any atom is -0.302 e. The molecule has 1 saturated heterocycles. The zero-order chi connectivity index (χ0) is 16.1. The number of benzene rings is 1. The van der Waals surface area contributed by atoms with Crippen molar-refractivity contribution in [3.63, 3.8) is 0 Å². The van der Waals surface area contributed by atoms with Crippen molar-refractivity contribution in [1.82, 2.24) is 9.88 Å². The van der Waals surface area contributed by atoms with Gasteiger partial charge in [0.2, 0.25) is 5.91 Å². The zero-order valence-electron chi connectivity index (χ0n) is 13.5. The van der Waals surface area contributed by atoms with Gasteiger partial charge in [0.25, 0.3) is 0 Å². The topological polar surface area (TPSA) is 45.2 Å². The summed E-state index contributed by atoms with van der Waals surface area (Å²) in [7, 11) is 0. The first-order chi connectivity index (χ1) is 11.2. The lowest BCUT2D eigenvalue weighted by atomic mass is 9.90. The number of thiazole rings is 1. The Labute approximate surface area is 141 Å². The number of hydrogen-bond acceptors (Lipinski definition) is 4. The highest BCUT2D eigenvalue weighted by atomic mass is 32.1. The lowest BCUT2D eigenvalue weighted by Crippen LogP contribution is -2.33. The Bertz CT molecular complexity index is 633. The molecular formula is C18H23N3OS. The van der Waals surface area contributed by atoms with Gasteiger partial charge in [0, 0.05) is 18.8 Å². The van der Waals surface area contributed by atoms with Crippen LogP contribution in [0.25, 0.3) is 0 Å². The maximum absolute atomic E-state index is 11.0. The third kappa shape index (κ3) is 4.88. The van der Waals surface area contributed by atoms with Crippen molar-refractivity contribution in [1.29, 1.82) is 0 Å². The van der Waals surface area contributed by atoms with Crippen LogP contribution in [0.5, 0.6) is 0 Å². The van der Waals surface area contributed by atoms with Crippen LogP contribution in [0.1, 0.15) is 31.0 Å². The number of amides is 1. The Hall–Kier alpha value is -1.72. The molecule has 1 aromatic heterocycles. The van der Waals surface area contributed by atoms with Gasteiger partial charge in [-0.25, -0.2) is 4.98 Å². The number of hydrogen-bond donors (Lipinski definition) is 1. The molecule has 2 heterocycles. The molecule has 5 heteroatoms. The molecule has 0 radical (unpaired) electrons. The number of likely N-dealkylation sites (tertiary alicyclic amines) is 1. The monoisotopic (exact) mass is 329 g/mol. The molecule has 2 aromatic rings. The number of rotatable bonds is 5. The number of carbonyl (C=O) groups is 1. The van der Waals surface area contributed by atoms with Crippen LogP contribution in [0.2, 0.25) is 0 Å². The molecule has 0 unspecified atom stereocenters. The molecule has 0 atom stereocenters. The lowest BCUT2D eigenvalue weighted by Gasteiger charge is -2.31. The van der Waals surface area contributed by atoms with E-state index in [1.165, 1.54) is 43.1 Å². The summed E-state index contributed by atoms with van der Waals surface area (Å²) in [5, 5.41) is 5.49. The highest BCUT2D eigenvalue weighted by Crippen LogP contribution is 2.24. The first kappa shape index (κ1) is 16.1. The Balaban J connectivity index is 1.45. The van der Waals surface area contributed by atoms with Crippen molar-refractivity contribution >= 4 is 22.4 Å². The van der Waals surface area contributed by atoms with Crippen molar-refractivity contribution in [3.05, 3.63) is 47.0 Å². The minimum atomic E-state index is -0.0624. The number of nitrogens with zero attached hydrogens (tertiary/aromatic N) is 2. The molecule has 1 N–H and O–H groups in total. The molecule has 1 aromatic carbocycles. The number of carbonyl (C=O) groups excluding carboxylic acids is 1. The Morgan fingerprint density at radius 1 is 1.30 bits per heavy atom. The minimum absolute atomic E-state index is 0.0624. The number of nitrogens with one attached hydrogen (secondary N) is 1. The zero-order valence-corrected chi connectivity index (χ0v) is 14.3. The van der Waals surface area contributed by atoms with Gasteiger partial charge in [-0.3, -0.25) is 9.69 Å². The van der Waals surface area contributed by atoms with E-state index in [9.17, 15) is 4.79 Å². The number of aromatic nitrogens is 1. The van der Waals surface area contributed by atoms with Crippen LogP contribution in [0.15, 0.2) is 35.7 Å². The van der Waals surface area contributed by atoms with Crippen LogP contribution in [0, 0.1) is 5.92 Å². The summed E-state index contributed by atoms with van der Waals surface area (Å²) >= 11 is 1.50. The second kappa shape index (κ2) is 7.70. The van der Waals surface area contributed by atoms with E-state index in [2.05, 4.69) is 45.5 Å². The summed E-state index contributed by atoms with van der Waals surface area (Å²) in [6, 6.07) is 10.8. The van der Waals surface area contributed by atoms with E-state index in [1.54, 1.807) is 0 Å². The van der Waals surface area contributed by atoms with Gasteiger partial charge in [-0.05, 0) is 43.8 Å². The number of anilines is 1. The summed E-state index contributed by atoms with van der Waals surface area (Å²) in [5.74, 6) is 0.728. The Kier molecular flexibility index (Phi) is 5.41. The van der Waals surface area contributed by atoms with E-state index in [1.807, 2.05) is 5.38 Å². The molecular weight excluding hydrogens is 306 g/mol. The van der Waals surface area contributed by atoms with E-state index in [0.29, 0.717) is 5.13 Å². The highest BCUT2D eigenvalue weighted by Gasteiger charge is 2.20. The molecule has 0 spiro atoms. The SMILES string of the molecule is CC(=O)Nc1nc(CN2CCC(Cc3ccccc3)CC2)cs1. The summed E-state index contributed by atoms with van der Waals surface area (Å²) < 4.78 is 0. The average Bonchev–Trinajstić information content (AvgIpc) is 2.96. The van der Waals surface area contributed by atoms with Crippen LogP contribution in [-0.4, -0.2) is 28.9 Å². The molecule has 0 saturated carbocycles. The van der Waals surface area contributed by atoms with E-state index in [-0.39, 0.29) is 5.91 Å². The molecule has 0 bridgehead atoms. The molecule has 23 heavy (non-hydrogen) atoms. The summed E-state index contributed by atoms with van der Waals surface area (Å²) in [6.45, 7) is 4.65. The molecule has 1 aliphatic rings. The van der Waals surface area contributed by atoms with Gasteiger partial charge in [-0.15, -0.1) is 11.3 Å². The third-order valence-corrected chi connectivity index (χ3v) is 5.10. The third-order valence-electron chi connectivity index (χ3n) is 4.29. The van der Waals surface area contributed by atoms with Crippen LogP contribution in [0.4, 0.5) is 5.13 Å². The summed E-state index contributed by atoms with van der Waals surface area (Å²) in [5.41, 5.74) is 2.51. The highest BCUT2D eigenvalue weighted by molar-refractivity contribution is 7.13. The standard InChI is InChI=1S/C18H23N3OS/c1-14(22)19-18-20-17(13-23-18)12-21-9-7-16(8-10-21)11-15-5-3-2-4-6-15/h2-6,13,16H,7-12H2,1H3,(H,19,20,22). The van der Waals surface area contributed by atoms with E-state index < -0.39 is 0 Å². The van der Waals surface area contributed by atoms with Crippen LogP contribution in [0.3, 0.4) is 0 Å². The number of piperidine rings is 1. The fraction of sp³-hybridized carbons (Fsp3) is 0.444. The Morgan fingerprint density at radius 2 is 2.04 bits per heavy atom. The van der Waals surface area contributed by atoms with E-state index >= 15 is 0 Å². The van der Waals surface area contributed by atoms with Crippen molar-refractivity contribution in [3.8, 4) is 0 Å². The predicted molar refractivity (Wildman–Crippen MR) is 94.6 cm³/mol. The lowest BCUT2D eigenvalue weighted by molar-refractivity contribution is -0.114. The smallest absolute Gasteiger partial charge is 0.223 e. The molecule has 4 nitrogen and oxygen atoms in total. The van der Waals surface area contributed by atoms with Gasteiger partial charge >= 0.3 is 0 Å². The van der Waals surface area contributed by atoms with Gasteiger partial charge < -0.3 is 5.32 Å². The summed E-state index contributed by atoms with van der Waals surface area (Å²) in [4.78, 5) is 18.0. The van der Waals surface area contributed by atoms with Gasteiger partial charge in [-0.2, -0.15) is 0 Å². The van der Waals surface area contributed by atoms with Crippen LogP contribution < -0.4 is 5.32 Å². The molecule has 0 aliphatic carbocycles. The summed E-state index contributed by atoms with van der Waals surface area (Å²) in [6.07, 6.45) is 3.69. The molecule has 1 fully saturated rings. The first-order valence-corrected chi connectivity index (χ1v) is 9.05. The largest absolute Gasteiger partial charge is 0.302 e. The second-order valence-electron chi connectivity index (χ2n) is 6.23. The molecule has 122 valence electrons. The molecule has 3 rings (SSSR count). The fourth-order valence-corrected chi connectivity index (χ4v) is 3.86. The first-order valence-electron chi connectivity index (χ1n) is 8.17. The predicted octanol–water partition coefficient (Wildman–Crippen LogP) is 3.56. The van der Waals surface area contributed by atoms with Gasteiger partial charge in [-0.1, -0.05) is 30.3 Å². The average molecular weight is 329 g/mol. The van der Waals surface area contributed by atoms with Crippen molar-refractivity contribution < 1.29 is 4.79 Å². The van der Waals surface area contributed by atoms with Crippen LogP contribution in [-0.2, 0) is 17.8 Å². The van der Waals surface area contributed by atoms with Gasteiger partial charge in [0.1, 0.15) is 0 Å². The Morgan fingerprint density at radius 3 is 2.74 bits per heavy atom. The van der Waals surface area contributed by atoms with Crippen molar-refractivity contribution in [2.24, 2.45) is 5.92 Å². The van der Waals surface area contributed by atoms with E-state index in [4.69, 9.17) is 0 Å². The van der Waals surface area contributed by atoms with Gasteiger partial charge in [0.05, 0.1) is 5.69 Å². The second-order valence-corrected chi connectivity index (χ2v) is 7.09. The molecule has 1 aliphatic heterocycles.